The SMILES string of the molecule is COCCNS(=O)(=O)c1cc(C(=O)NCc2ccc(COCC(F)(F)F)cc2)ccc1OC. The van der Waals surface area contributed by atoms with Crippen molar-refractivity contribution in [2.24, 2.45) is 0 Å². The summed E-state index contributed by atoms with van der Waals surface area (Å²) in [4.78, 5) is 12.4. The highest BCUT2D eigenvalue weighted by Crippen LogP contribution is 2.25. The van der Waals surface area contributed by atoms with Crippen LogP contribution >= 0.6 is 0 Å². The number of rotatable bonds is 12. The standard InChI is InChI=1S/C21H25F3N2O6S/c1-30-10-9-26-33(28,29)19-11-17(7-8-18(19)31-2)20(27)25-12-15-3-5-16(6-4-15)13-32-14-21(22,23)24/h3-8,11,26H,9-10,12-14H2,1-2H3,(H,25,27). The van der Waals surface area contributed by atoms with Crippen molar-refractivity contribution in [2.45, 2.75) is 24.2 Å². The number of halogens is 3. The highest BCUT2D eigenvalue weighted by Gasteiger charge is 2.27. The minimum absolute atomic E-state index is 0.0512. The molecule has 0 aromatic heterocycles. The first kappa shape index (κ1) is 26.6. The molecule has 2 N–H and O–H groups in total. The second-order valence-corrected chi connectivity index (χ2v) is 8.60. The van der Waals surface area contributed by atoms with Crippen LogP contribution in [0.15, 0.2) is 47.4 Å². The maximum Gasteiger partial charge on any atom is 0.411 e. The highest BCUT2D eigenvalue weighted by atomic mass is 32.2. The normalized spacial score (nSPS) is 11.9. The van der Waals surface area contributed by atoms with Gasteiger partial charge in [-0.2, -0.15) is 13.2 Å². The van der Waals surface area contributed by atoms with Crippen LogP contribution in [0.3, 0.4) is 0 Å². The first-order valence-corrected chi connectivity index (χ1v) is 11.2. The second-order valence-electron chi connectivity index (χ2n) is 6.86. The van der Waals surface area contributed by atoms with Crippen LogP contribution in [-0.4, -0.2) is 54.5 Å². The summed E-state index contributed by atoms with van der Waals surface area (Å²) >= 11 is 0. The van der Waals surface area contributed by atoms with Crippen molar-refractivity contribution in [1.29, 1.82) is 0 Å². The van der Waals surface area contributed by atoms with E-state index in [-0.39, 0.29) is 42.5 Å². The first-order chi connectivity index (χ1) is 15.6. The summed E-state index contributed by atoms with van der Waals surface area (Å²) in [5, 5.41) is 2.67. The van der Waals surface area contributed by atoms with Crippen LogP contribution in [-0.2, 0) is 32.6 Å². The molecule has 2 aromatic carbocycles. The lowest BCUT2D eigenvalue weighted by atomic mass is 10.1. The summed E-state index contributed by atoms with van der Waals surface area (Å²) < 4.78 is 78.4. The third-order valence-corrected chi connectivity index (χ3v) is 5.81. The van der Waals surface area contributed by atoms with Gasteiger partial charge in [-0.1, -0.05) is 24.3 Å². The van der Waals surface area contributed by atoms with Crippen LogP contribution in [0.2, 0.25) is 0 Å². The van der Waals surface area contributed by atoms with Crippen molar-refractivity contribution in [1.82, 2.24) is 10.0 Å². The molecule has 182 valence electrons. The van der Waals surface area contributed by atoms with E-state index in [1.807, 2.05) is 0 Å². The van der Waals surface area contributed by atoms with Crippen molar-refractivity contribution in [3.05, 3.63) is 59.2 Å². The van der Waals surface area contributed by atoms with E-state index in [4.69, 9.17) is 9.47 Å². The maximum absolute atomic E-state index is 12.6. The fourth-order valence-corrected chi connectivity index (χ4v) is 3.91. The van der Waals surface area contributed by atoms with Gasteiger partial charge in [0.2, 0.25) is 10.0 Å². The molecule has 12 heteroatoms. The van der Waals surface area contributed by atoms with Gasteiger partial charge in [-0.05, 0) is 29.3 Å². The fourth-order valence-electron chi connectivity index (χ4n) is 2.71. The summed E-state index contributed by atoms with van der Waals surface area (Å²) in [5.41, 5.74) is 1.37. The molecule has 0 radical (unpaired) electrons. The van der Waals surface area contributed by atoms with Gasteiger partial charge in [0.05, 0.1) is 20.3 Å². The van der Waals surface area contributed by atoms with Crippen molar-refractivity contribution in [2.75, 3.05) is 34.0 Å². The smallest absolute Gasteiger partial charge is 0.411 e. The lowest BCUT2D eigenvalue weighted by molar-refractivity contribution is -0.176. The second kappa shape index (κ2) is 12.0. The summed E-state index contributed by atoms with van der Waals surface area (Å²) in [7, 11) is -1.18. The van der Waals surface area contributed by atoms with Gasteiger partial charge in [0.1, 0.15) is 17.3 Å². The summed E-state index contributed by atoms with van der Waals surface area (Å²) in [5.74, 6) is -0.427. The van der Waals surface area contributed by atoms with Crippen LogP contribution in [0.5, 0.6) is 5.75 Å². The van der Waals surface area contributed by atoms with Crippen LogP contribution in [0.25, 0.3) is 0 Å². The Morgan fingerprint density at radius 1 is 1.03 bits per heavy atom. The lowest BCUT2D eigenvalue weighted by Gasteiger charge is -2.13. The number of carbonyl (C=O) groups is 1. The molecule has 0 atom stereocenters. The lowest BCUT2D eigenvalue weighted by Crippen LogP contribution is -2.28. The number of benzene rings is 2. The average molecular weight is 491 g/mol. The number of hydrogen-bond acceptors (Lipinski definition) is 6. The summed E-state index contributed by atoms with van der Waals surface area (Å²) in [6.07, 6.45) is -4.38. The molecule has 0 unspecified atom stereocenters. The minimum atomic E-state index is -4.38. The number of ether oxygens (including phenoxy) is 3. The number of methoxy groups -OCH3 is 2. The number of nitrogens with one attached hydrogen (secondary N) is 2. The zero-order valence-corrected chi connectivity index (χ0v) is 18.9. The Labute approximate surface area is 190 Å². The van der Waals surface area contributed by atoms with Crippen molar-refractivity contribution in [3.63, 3.8) is 0 Å². The molecule has 0 heterocycles. The van der Waals surface area contributed by atoms with Crippen LogP contribution in [0.4, 0.5) is 13.2 Å². The topological polar surface area (TPSA) is 103 Å². The number of sulfonamides is 1. The van der Waals surface area contributed by atoms with Gasteiger partial charge < -0.3 is 19.5 Å². The molecule has 2 aromatic rings. The Hall–Kier alpha value is -2.67. The number of carbonyl (C=O) groups excluding carboxylic acids is 1. The third-order valence-electron chi connectivity index (χ3n) is 4.32. The van der Waals surface area contributed by atoms with E-state index < -0.39 is 28.7 Å². The van der Waals surface area contributed by atoms with Crippen LogP contribution in [0.1, 0.15) is 21.5 Å². The molecule has 0 saturated heterocycles. The van der Waals surface area contributed by atoms with E-state index in [2.05, 4.69) is 14.8 Å². The molecule has 8 nitrogen and oxygen atoms in total. The quantitative estimate of drug-likeness (QED) is 0.444. The van der Waals surface area contributed by atoms with E-state index in [0.717, 1.165) is 0 Å². The van der Waals surface area contributed by atoms with E-state index in [1.54, 1.807) is 24.3 Å². The molecule has 0 aliphatic carbocycles. The Morgan fingerprint density at radius 3 is 2.30 bits per heavy atom. The molecule has 2 rings (SSSR count). The first-order valence-electron chi connectivity index (χ1n) is 9.73. The van der Waals surface area contributed by atoms with E-state index >= 15 is 0 Å². The Kier molecular flexibility index (Phi) is 9.65. The number of hydrogen-bond donors (Lipinski definition) is 2. The molecule has 0 aliphatic rings. The largest absolute Gasteiger partial charge is 0.495 e. The zero-order valence-electron chi connectivity index (χ0n) is 18.1. The maximum atomic E-state index is 12.6. The molecule has 0 saturated carbocycles. The van der Waals surface area contributed by atoms with Crippen LogP contribution in [0, 0.1) is 0 Å². The van der Waals surface area contributed by atoms with Crippen molar-refractivity contribution < 1.29 is 40.6 Å². The van der Waals surface area contributed by atoms with Gasteiger partial charge in [-0.3, -0.25) is 4.79 Å². The third kappa shape index (κ3) is 8.65. The average Bonchev–Trinajstić information content (AvgIpc) is 2.77. The van der Waals surface area contributed by atoms with Gasteiger partial charge in [0.15, 0.2) is 0 Å². The molecule has 0 spiro atoms. The van der Waals surface area contributed by atoms with Crippen molar-refractivity contribution >= 4 is 15.9 Å². The molecule has 0 fully saturated rings. The van der Waals surface area contributed by atoms with Gasteiger partial charge in [0.25, 0.3) is 5.91 Å². The van der Waals surface area contributed by atoms with Gasteiger partial charge in [0, 0.05) is 25.8 Å². The zero-order chi connectivity index (χ0) is 24.5. The molecule has 1 amide bonds. The number of alkyl halides is 3. The van der Waals surface area contributed by atoms with E-state index in [0.29, 0.717) is 11.1 Å². The molecule has 0 aliphatic heterocycles. The fraction of sp³-hybridized carbons (Fsp3) is 0.381. The van der Waals surface area contributed by atoms with E-state index in [9.17, 15) is 26.4 Å². The predicted octanol–water partition coefficient (Wildman–Crippen LogP) is 2.63. The van der Waals surface area contributed by atoms with Gasteiger partial charge in [-0.15, -0.1) is 0 Å². The molecule has 33 heavy (non-hydrogen) atoms. The predicted molar refractivity (Wildman–Crippen MR) is 113 cm³/mol. The molecule has 0 bridgehead atoms. The van der Waals surface area contributed by atoms with Crippen molar-refractivity contribution in [3.8, 4) is 5.75 Å². The highest BCUT2D eigenvalue weighted by molar-refractivity contribution is 7.89. The molecular weight excluding hydrogens is 465 g/mol. The monoisotopic (exact) mass is 490 g/mol. The van der Waals surface area contributed by atoms with Gasteiger partial charge in [-0.25, -0.2) is 13.1 Å². The Bertz CT molecular complexity index is 1030. The van der Waals surface area contributed by atoms with Gasteiger partial charge >= 0.3 is 6.18 Å². The number of amides is 1. The Morgan fingerprint density at radius 2 is 1.70 bits per heavy atom. The summed E-state index contributed by atoms with van der Waals surface area (Å²) in [6.45, 7) is -1.16. The van der Waals surface area contributed by atoms with Crippen LogP contribution < -0.4 is 14.8 Å². The summed E-state index contributed by atoms with van der Waals surface area (Å²) in [6, 6.07) is 10.5. The van der Waals surface area contributed by atoms with E-state index in [1.165, 1.54) is 32.4 Å². The Balaban J connectivity index is 2.01. The molecular formula is C21H25F3N2O6S. The minimum Gasteiger partial charge on any atom is -0.495 e.